The highest BCUT2D eigenvalue weighted by Crippen LogP contribution is 2.39. The molecule has 3 heterocycles. The minimum atomic E-state index is -3.96. The zero-order valence-corrected chi connectivity index (χ0v) is 19.4. The van der Waals surface area contributed by atoms with E-state index >= 15 is 0 Å². The van der Waals surface area contributed by atoms with Gasteiger partial charge in [0, 0.05) is 42.7 Å². The maximum absolute atomic E-state index is 14.9. The number of rotatable bonds is 7. The van der Waals surface area contributed by atoms with Crippen molar-refractivity contribution in [2.75, 3.05) is 11.8 Å². The number of pyridine rings is 2. The van der Waals surface area contributed by atoms with Crippen LogP contribution in [0.3, 0.4) is 0 Å². The fraction of sp³-hybridized carbons (Fsp3) is 0.227. The van der Waals surface area contributed by atoms with Crippen LogP contribution in [0.25, 0.3) is 0 Å². The number of fused-ring (bicyclic) bond motifs is 1. The Morgan fingerprint density at radius 3 is 2.68 bits per heavy atom. The van der Waals surface area contributed by atoms with Crippen molar-refractivity contribution in [2.45, 2.75) is 26.4 Å². The minimum absolute atomic E-state index is 0.0709. The van der Waals surface area contributed by atoms with Gasteiger partial charge in [-0.25, -0.2) is 23.9 Å². The van der Waals surface area contributed by atoms with Crippen molar-refractivity contribution in [3.63, 3.8) is 0 Å². The molecule has 1 aliphatic heterocycles. The smallest absolute Gasteiger partial charge is 0.416 e. The molecule has 0 unspecified atom stereocenters. The quantitative estimate of drug-likeness (QED) is 0.521. The van der Waals surface area contributed by atoms with Gasteiger partial charge in [-0.3, -0.25) is 9.62 Å². The maximum Gasteiger partial charge on any atom is 0.416 e. The van der Waals surface area contributed by atoms with Crippen molar-refractivity contribution >= 4 is 22.1 Å². The van der Waals surface area contributed by atoms with Crippen LogP contribution < -0.4 is 18.9 Å². The van der Waals surface area contributed by atoms with Crippen molar-refractivity contribution in [2.24, 2.45) is 0 Å². The molecular weight excluding hydrogens is 465 g/mol. The molecule has 0 spiro atoms. The molecule has 0 radical (unpaired) electrons. The molecule has 1 amide bonds. The molecule has 1 aliphatic rings. The number of carbonyl (C=O) groups is 1. The Labute approximate surface area is 195 Å². The summed E-state index contributed by atoms with van der Waals surface area (Å²) in [4.78, 5) is 22.0. The number of anilines is 1. The van der Waals surface area contributed by atoms with Gasteiger partial charge >= 0.3 is 6.09 Å². The summed E-state index contributed by atoms with van der Waals surface area (Å²) in [5.41, 5.74) is 1.76. The van der Waals surface area contributed by atoms with Crippen molar-refractivity contribution in [1.82, 2.24) is 19.6 Å². The zero-order valence-electron chi connectivity index (χ0n) is 18.6. The SMILES string of the molecule is CNS(=O)(=O)Nc1nccc(CN2C(=O)Oc3cc(Oc4cc(C)ccn4)ccc3[C@@H]2C)c1F. The van der Waals surface area contributed by atoms with Crippen LogP contribution in [0.15, 0.2) is 48.8 Å². The van der Waals surface area contributed by atoms with Crippen LogP contribution in [0.1, 0.15) is 29.7 Å². The Bertz CT molecular complexity index is 1350. The number of nitrogens with zero attached hydrogens (tertiary/aromatic N) is 3. The van der Waals surface area contributed by atoms with Crippen molar-refractivity contribution in [3.05, 3.63) is 71.3 Å². The number of carbonyl (C=O) groups excluding carboxylic acids is 1. The molecule has 2 N–H and O–H groups in total. The summed E-state index contributed by atoms with van der Waals surface area (Å²) in [6.45, 7) is 3.54. The highest BCUT2D eigenvalue weighted by molar-refractivity contribution is 7.90. The maximum atomic E-state index is 14.9. The number of nitrogens with one attached hydrogen (secondary N) is 2. The number of ether oxygens (including phenoxy) is 2. The van der Waals surface area contributed by atoms with E-state index in [1.807, 2.05) is 22.4 Å². The Morgan fingerprint density at radius 2 is 1.94 bits per heavy atom. The first-order valence-corrected chi connectivity index (χ1v) is 11.7. The molecule has 0 fully saturated rings. The predicted molar refractivity (Wildman–Crippen MR) is 121 cm³/mol. The number of benzene rings is 1. The third kappa shape index (κ3) is 4.92. The molecule has 4 rings (SSSR count). The van der Waals surface area contributed by atoms with Crippen molar-refractivity contribution in [1.29, 1.82) is 0 Å². The second kappa shape index (κ2) is 9.23. The van der Waals surface area contributed by atoms with Gasteiger partial charge in [-0.05, 0) is 43.7 Å². The molecule has 10 nitrogen and oxygen atoms in total. The van der Waals surface area contributed by atoms with Gasteiger partial charge in [0.05, 0.1) is 12.6 Å². The van der Waals surface area contributed by atoms with Crippen molar-refractivity contribution in [3.8, 4) is 17.4 Å². The van der Waals surface area contributed by atoms with E-state index in [9.17, 15) is 17.6 Å². The van der Waals surface area contributed by atoms with Crippen LogP contribution in [-0.4, -0.2) is 36.4 Å². The van der Waals surface area contributed by atoms with Crippen LogP contribution in [0.4, 0.5) is 15.0 Å². The van der Waals surface area contributed by atoms with E-state index in [2.05, 4.69) is 9.97 Å². The summed E-state index contributed by atoms with van der Waals surface area (Å²) in [6.07, 6.45) is 2.21. The Hall–Kier alpha value is -3.77. The molecule has 0 saturated carbocycles. The van der Waals surface area contributed by atoms with E-state index in [-0.39, 0.29) is 12.1 Å². The van der Waals surface area contributed by atoms with Crippen LogP contribution in [0, 0.1) is 12.7 Å². The van der Waals surface area contributed by atoms with E-state index in [0.29, 0.717) is 22.9 Å². The standard InChI is InChI=1S/C22H22FN5O5S/c1-13-6-8-25-19(10-13)32-16-4-5-17-14(2)28(22(29)33-18(17)11-16)12-15-7-9-26-21(20(15)23)27-34(30,31)24-3/h4-11,14,24H,12H2,1-3H3,(H,26,27)/t14-/m0/s1. The topological polar surface area (TPSA) is 123 Å². The van der Waals surface area contributed by atoms with Crippen LogP contribution in [0.5, 0.6) is 17.4 Å². The highest BCUT2D eigenvalue weighted by atomic mass is 32.2. The molecule has 0 saturated heterocycles. The number of amides is 1. The molecule has 12 heteroatoms. The molecule has 1 atom stereocenters. The minimum Gasteiger partial charge on any atom is -0.439 e. The lowest BCUT2D eigenvalue weighted by atomic mass is 10.0. The lowest BCUT2D eigenvalue weighted by Gasteiger charge is -2.34. The number of aryl methyl sites for hydroxylation is 1. The summed E-state index contributed by atoms with van der Waals surface area (Å²) in [7, 11) is -2.78. The molecule has 1 aromatic carbocycles. The summed E-state index contributed by atoms with van der Waals surface area (Å²) < 4.78 is 53.6. The largest absolute Gasteiger partial charge is 0.439 e. The van der Waals surface area contributed by atoms with Crippen LogP contribution >= 0.6 is 0 Å². The fourth-order valence-electron chi connectivity index (χ4n) is 3.42. The second-order valence-electron chi connectivity index (χ2n) is 7.59. The summed E-state index contributed by atoms with van der Waals surface area (Å²) in [5, 5.41) is 0. The average Bonchev–Trinajstić information content (AvgIpc) is 2.78. The molecular formula is C22H22FN5O5S. The van der Waals surface area contributed by atoms with E-state index in [1.54, 1.807) is 37.4 Å². The van der Waals surface area contributed by atoms with Gasteiger partial charge in [0.15, 0.2) is 11.6 Å². The number of aromatic nitrogens is 2. The number of hydrogen-bond acceptors (Lipinski definition) is 7. The Kier molecular flexibility index (Phi) is 6.35. The molecule has 34 heavy (non-hydrogen) atoms. The second-order valence-corrected chi connectivity index (χ2v) is 9.21. The fourth-order valence-corrected chi connectivity index (χ4v) is 3.91. The number of hydrogen-bond donors (Lipinski definition) is 2. The number of halogens is 1. The van der Waals surface area contributed by atoms with E-state index in [0.717, 1.165) is 5.56 Å². The van der Waals surface area contributed by atoms with Crippen LogP contribution in [0.2, 0.25) is 0 Å². The summed E-state index contributed by atoms with van der Waals surface area (Å²) in [5.74, 6) is -0.170. The highest BCUT2D eigenvalue weighted by Gasteiger charge is 2.33. The Balaban J connectivity index is 1.55. The van der Waals surface area contributed by atoms with E-state index < -0.39 is 34.0 Å². The monoisotopic (exact) mass is 487 g/mol. The lowest BCUT2D eigenvalue weighted by molar-refractivity contribution is 0.116. The first kappa shape index (κ1) is 23.4. The van der Waals surface area contributed by atoms with Gasteiger partial charge in [0.25, 0.3) is 10.2 Å². The summed E-state index contributed by atoms with van der Waals surface area (Å²) in [6, 6.07) is 9.64. The molecule has 0 aliphatic carbocycles. The van der Waals surface area contributed by atoms with Crippen molar-refractivity contribution < 1.29 is 27.1 Å². The zero-order chi connectivity index (χ0) is 24.5. The van der Waals surface area contributed by atoms with Gasteiger partial charge in [0.1, 0.15) is 11.5 Å². The van der Waals surface area contributed by atoms with Gasteiger partial charge < -0.3 is 9.47 Å². The molecule has 3 aromatic rings. The lowest BCUT2D eigenvalue weighted by Crippen LogP contribution is -2.39. The third-order valence-electron chi connectivity index (χ3n) is 5.26. The van der Waals surface area contributed by atoms with Gasteiger partial charge in [0.2, 0.25) is 5.88 Å². The third-order valence-corrected chi connectivity index (χ3v) is 6.26. The van der Waals surface area contributed by atoms with Gasteiger partial charge in [-0.2, -0.15) is 8.42 Å². The van der Waals surface area contributed by atoms with Gasteiger partial charge in [-0.1, -0.05) is 0 Å². The average molecular weight is 488 g/mol. The van der Waals surface area contributed by atoms with E-state index in [4.69, 9.17) is 9.47 Å². The molecule has 178 valence electrons. The van der Waals surface area contributed by atoms with Crippen LogP contribution in [-0.2, 0) is 16.8 Å². The first-order chi connectivity index (χ1) is 16.2. The van der Waals surface area contributed by atoms with Gasteiger partial charge in [-0.15, -0.1) is 0 Å². The summed E-state index contributed by atoms with van der Waals surface area (Å²) >= 11 is 0. The normalized spacial score (nSPS) is 15.5. The Morgan fingerprint density at radius 1 is 1.18 bits per heavy atom. The molecule has 2 aromatic heterocycles. The van der Waals surface area contributed by atoms with E-state index in [1.165, 1.54) is 24.2 Å². The predicted octanol–water partition coefficient (Wildman–Crippen LogP) is 3.67. The first-order valence-electron chi connectivity index (χ1n) is 10.2. The molecule has 0 bridgehead atoms.